The maximum Gasteiger partial charge on any atom is 0.258 e. The van der Waals surface area contributed by atoms with Crippen LogP contribution in [0.2, 0.25) is 0 Å². The maximum absolute atomic E-state index is 12.1. The van der Waals surface area contributed by atoms with Gasteiger partial charge in [-0.15, -0.1) is 0 Å². The molecule has 1 unspecified atom stereocenters. The van der Waals surface area contributed by atoms with E-state index in [0.717, 1.165) is 19.4 Å². The zero-order valence-corrected chi connectivity index (χ0v) is 12.0. The molecule has 1 aliphatic rings. The second-order valence-electron chi connectivity index (χ2n) is 5.37. The number of likely N-dealkylation sites (tertiary alicyclic amines) is 1. The molecule has 1 aliphatic heterocycles. The molecule has 21 heavy (non-hydrogen) atoms. The summed E-state index contributed by atoms with van der Waals surface area (Å²) in [6.45, 7) is 1.23. The van der Waals surface area contributed by atoms with Crippen molar-refractivity contribution in [2.24, 2.45) is 0 Å². The van der Waals surface area contributed by atoms with E-state index in [2.05, 4.69) is 15.2 Å². The van der Waals surface area contributed by atoms with Crippen LogP contribution in [0.5, 0.6) is 0 Å². The number of fused-ring (bicyclic) bond motifs is 1. The Morgan fingerprint density at radius 3 is 3.10 bits per heavy atom. The van der Waals surface area contributed by atoms with Crippen LogP contribution in [0.3, 0.4) is 0 Å². The molecule has 0 spiro atoms. The van der Waals surface area contributed by atoms with Crippen LogP contribution in [0.1, 0.15) is 18.5 Å². The minimum absolute atomic E-state index is 0.00469. The minimum Gasteiger partial charge on any atom is -0.349 e. The molecule has 1 fully saturated rings. The fourth-order valence-corrected chi connectivity index (χ4v) is 2.73. The number of rotatable bonds is 3. The van der Waals surface area contributed by atoms with Gasteiger partial charge in [-0.25, -0.2) is 4.98 Å². The van der Waals surface area contributed by atoms with Gasteiger partial charge >= 0.3 is 0 Å². The number of hydrogen-bond acceptors (Lipinski definition) is 4. The van der Waals surface area contributed by atoms with E-state index in [9.17, 15) is 9.59 Å². The van der Waals surface area contributed by atoms with E-state index >= 15 is 0 Å². The lowest BCUT2D eigenvalue weighted by molar-refractivity contribution is -0.125. The number of carbonyl (C=O) groups is 1. The first-order chi connectivity index (χ1) is 10.1. The highest BCUT2D eigenvalue weighted by atomic mass is 16.2. The van der Waals surface area contributed by atoms with Crippen molar-refractivity contribution in [3.8, 4) is 0 Å². The van der Waals surface area contributed by atoms with Gasteiger partial charge in [-0.2, -0.15) is 0 Å². The molecule has 2 aromatic rings. The fourth-order valence-electron chi connectivity index (χ4n) is 2.73. The monoisotopic (exact) mass is 286 g/mol. The van der Waals surface area contributed by atoms with Gasteiger partial charge in [0.2, 0.25) is 5.91 Å². The average molecular weight is 286 g/mol. The van der Waals surface area contributed by atoms with Gasteiger partial charge in [-0.3, -0.25) is 18.9 Å². The van der Waals surface area contributed by atoms with Crippen LogP contribution >= 0.6 is 0 Å². The van der Waals surface area contributed by atoms with Crippen molar-refractivity contribution >= 4 is 11.6 Å². The number of nitrogens with one attached hydrogen (secondary N) is 1. The molecule has 6 nitrogen and oxygen atoms in total. The van der Waals surface area contributed by atoms with Crippen molar-refractivity contribution in [3.05, 3.63) is 46.5 Å². The van der Waals surface area contributed by atoms with Crippen LogP contribution < -0.4 is 10.9 Å². The minimum atomic E-state index is -0.136. The van der Waals surface area contributed by atoms with Crippen molar-refractivity contribution < 1.29 is 4.79 Å². The Labute approximate surface area is 122 Å². The highest BCUT2D eigenvalue weighted by Gasteiger charge is 2.27. The lowest BCUT2D eigenvalue weighted by Crippen LogP contribution is -2.41. The SMILES string of the molecule is CN1CCCC1C(=O)NCc1cc(=O)n2ccccc2n1. The van der Waals surface area contributed by atoms with E-state index in [1.54, 1.807) is 18.3 Å². The molecular formula is C15H18N4O2. The van der Waals surface area contributed by atoms with E-state index in [0.29, 0.717) is 11.3 Å². The topological polar surface area (TPSA) is 66.7 Å². The third-order valence-electron chi connectivity index (χ3n) is 3.89. The molecule has 0 saturated carbocycles. The number of amides is 1. The van der Waals surface area contributed by atoms with Gasteiger partial charge in [-0.1, -0.05) is 6.07 Å². The molecule has 1 amide bonds. The van der Waals surface area contributed by atoms with Crippen molar-refractivity contribution in [2.45, 2.75) is 25.4 Å². The summed E-state index contributed by atoms with van der Waals surface area (Å²) in [5.74, 6) is 0.00469. The molecule has 1 saturated heterocycles. The Balaban J connectivity index is 1.73. The van der Waals surface area contributed by atoms with Gasteiger partial charge in [0.25, 0.3) is 5.56 Å². The van der Waals surface area contributed by atoms with Crippen LogP contribution in [0.4, 0.5) is 0 Å². The first kappa shape index (κ1) is 13.8. The third-order valence-corrected chi connectivity index (χ3v) is 3.89. The van der Waals surface area contributed by atoms with Crippen molar-refractivity contribution in [1.29, 1.82) is 0 Å². The van der Waals surface area contributed by atoms with Crippen LogP contribution in [-0.2, 0) is 11.3 Å². The number of carbonyl (C=O) groups excluding carboxylic acids is 1. The van der Waals surface area contributed by atoms with E-state index in [-0.39, 0.29) is 24.1 Å². The van der Waals surface area contributed by atoms with E-state index in [1.165, 1.54) is 10.5 Å². The highest BCUT2D eigenvalue weighted by Crippen LogP contribution is 2.14. The average Bonchev–Trinajstić information content (AvgIpc) is 2.91. The summed E-state index contributed by atoms with van der Waals surface area (Å²) < 4.78 is 1.48. The predicted octanol–water partition coefficient (Wildman–Crippen LogP) is 0.405. The molecule has 3 heterocycles. The lowest BCUT2D eigenvalue weighted by Gasteiger charge is -2.18. The Hall–Kier alpha value is -2.21. The summed E-state index contributed by atoms with van der Waals surface area (Å²) in [5, 5.41) is 2.87. The van der Waals surface area contributed by atoms with Crippen LogP contribution in [0.25, 0.3) is 5.65 Å². The molecule has 0 aliphatic carbocycles. The molecular weight excluding hydrogens is 268 g/mol. The molecule has 1 atom stereocenters. The molecule has 0 radical (unpaired) electrons. The van der Waals surface area contributed by atoms with Gasteiger partial charge in [-0.05, 0) is 38.6 Å². The van der Waals surface area contributed by atoms with E-state index < -0.39 is 0 Å². The summed E-state index contributed by atoms with van der Waals surface area (Å²) >= 11 is 0. The zero-order chi connectivity index (χ0) is 14.8. The standard InChI is InChI=1S/C15H18N4O2/c1-18-7-4-5-12(18)15(21)16-10-11-9-14(20)19-8-3-2-6-13(19)17-11/h2-3,6,8-9,12H,4-5,7,10H2,1H3,(H,16,21). The summed E-state index contributed by atoms with van der Waals surface area (Å²) in [5.41, 5.74) is 1.04. The number of pyridine rings is 1. The van der Waals surface area contributed by atoms with Gasteiger partial charge in [0.15, 0.2) is 0 Å². The third kappa shape index (κ3) is 2.80. The summed E-state index contributed by atoms with van der Waals surface area (Å²) in [4.78, 5) is 30.5. The first-order valence-electron chi connectivity index (χ1n) is 7.10. The first-order valence-corrected chi connectivity index (χ1v) is 7.10. The molecule has 1 N–H and O–H groups in total. The quantitative estimate of drug-likeness (QED) is 0.887. The smallest absolute Gasteiger partial charge is 0.258 e. The van der Waals surface area contributed by atoms with Gasteiger partial charge in [0, 0.05) is 12.3 Å². The van der Waals surface area contributed by atoms with Gasteiger partial charge < -0.3 is 5.32 Å². The fraction of sp³-hybridized carbons (Fsp3) is 0.400. The Morgan fingerprint density at radius 2 is 2.33 bits per heavy atom. The van der Waals surface area contributed by atoms with Crippen LogP contribution in [-0.4, -0.2) is 39.8 Å². The Kier molecular flexibility index (Phi) is 3.70. The number of hydrogen-bond donors (Lipinski definition) is 1. The number of nitrogens with zero attached hydrogens (tertiary/aromatic N) is 3. The van der Waals surface area contributed by atoms with Crippen molar-refractivity contribution in [3.63, 3.8) is 0 Å². The predicted molar refractivity (Wildman–Crippen MR) is 79.0 cm³/mol. The molecule has 0 bridgehead atoms. The van der Waals surface area contributed by atoms with Crippen molar-refractivity contribution in [1.82, 2.24) is 19.6 Å². The molecule has 3 rings (SSSR count). The summed E-state index contributed by atoms with van der Waals surface area (Å²) in [6.07, 6.45) is 3.61. The largest absolute Gasteiger partial charge is 0.349 e. The van der Waals surface area contributed by atoms with Gasteiger partial charge in [0.1, 0.15) is 5.65 Å². The van der Waals surface area contributed by atoms with Crippen LogP contribution in [0, 0.1) is 0 Å². The highest BCUT2D eigenvalue weighted by molar-refractivity contribution is 5.81. The lowest BCUT2D eigenvalue weighted by atomic mass is 10.2. The van der Waals surface area contributed by atoms with Crippen molar-refractivity contribution in [2.75, 3.05) is 13.6 Å². The van der Waals surface area contributed by atoms with E-state index in [4.69, 9.17) is 0 Å². The van der Waals surface area contributed by atoms with Crippen LogP contribution in [0.15, 0.2) is 35.3 Å². The normalized spacial score (nSPS) is 19.0. The van der Waals surface area contributed by atoms with Gasteiger partial charge in [0.05, 0.1) is 18.3 Å². The second-order valence-corrected chi connectivity index (χ2v) is 5.37. The van der Waals surface area contributed by atoms with E-state index in [1.807, 2.05) is 13.1 Å². The second kappa shape index (κ2) is 5.65. The number of likely N-dealkylation sites (N-methyl/N-ethyl adjacent to an activating group) is 1. The molecule has 6 heteroatoms. The maximum atomic E-state index is 12.1. The zero-order valence-electron chi connectivity index (χ0n) is 12.0. The summed E-state index contributed by atoms with van der Waals surface area (Å²) in [6, 6.07) is 6.79. The number of aromatic nitrogens is 2. The molecule has 110 valence electrons. The Morgan fingerprint density at radius 1 is 1.48 bits per heavy atom. The molecule has 2 aromatic heterocycles. The Bertz CT molecular complexity index is 725. The summed E-state index contributed by atoms with van der Waals surface area (Å²) in [7, 11) is 1.96. The molecule has 0 aromatic carbocycles.